The number of carbonyl (C=O) groups is 1. The molecule has 0 bridgehead atoms. The van der Waals surface area contributed by atoms with Gasteiger partial charge in [-0.3, -0.25) is 9.69 Å². The maximum atomic E-state index is 13.3. The van der Waals surface area contributed by atoms with E-state index >= 15 is 0 Å². The molecule has 1 aliphatic rings. The molecule has 0 aliphatic carbocycles. The van der Waals surface area contributed by atoms with Crippen LogP contribution >= 0.6 is 23.4 Å². The van der Waals surface area contributed by atoms with Crippen molar-refractivity contribution >= 4 is 46.2 Å². The van der Waals surface area contributed by atoms with Crippen LogP contribution in [0.25, 0.3) is 6.08 Å². The molecule has 0 spiro atoms. The monoisotopic (exact) mass is 478 g/mol. The van der Waals surface area contributed by atoms with Crippen molar-refractivity contribution in [3.05, 3.63) is 93.9 Å². The molecule has 3 aromatic carbocycles. The van der Waals surface area contributed by atoms with E-state index in [9.17, 15) is 4.79 Å². The van der Waals surface area contributed by atoms with Crippen LogP contribution in [-0.2, 0) is 11.2 Å². The Morgan fingerprint density at radius 1 is 0.909 bits per heavy atom. The minimum atomic E-state index is -0.0595. The van der Waals surface area contributed by atoms with E-state index in [2.05, 4.69) is 0 Å². The number of nitrogens with zero attached hydrogens (tertiary/aromatic N) is 2. The average molecular weight is 479 g/mol. The molecule has 7 heteroatoms. The maximum Gasteiger partial charge on any atom is 0.266 e. The minimum Gasteiger partial charge on any atom is -0.497 e. The Hall–Kier alpha value is -3.22. The molecule has 1 heterocycles. The first kappa shape index (κ1) is 23.0. The third kappa shape index (κ3) is 5.78. The molecular formula is C26H23ClN2O3S. The number of ether oxygens (including phenoxy) is 2. The van der Waals surface area contributed by atoms with Crippen LogP contribution in [0.5, 0.6) is 11.5 Å². The SMILES string of the molecule is COc1ccc(CCN2C(=O)C(=Cc3ccc(Cl)cc3)SC2=Nc2ccc(OC)cc2)cc1. The van der Waals surface area contributed by atoms with E-state index in [-0.39, 0.29) is 5.91 Å². The van der Waals surface area contributed by atoms with Gasteiger partial charge in [0.2, 0.25) is 0 Å². The van der Waals surface area contributed by atoms with Gasteiger partial charge in [0.1, 0.15) is 11.5 Å². The summed E-state index contributed by atoms with van der Waals surface area (Å²) in [4.78, 5) is 20.4. The molecule has 1 amide bonds. The molecule has 33 heavy (non-hydrogen) atoms. The number of hydrogen-bond acceptors (Lipinski definition) is 5. The minimum absolute atomic E-state index is 0.0595. The van der Waals surface area contributed by atoms with Crippen LogP contribution in [0.15, 0.2) is 82.7 Å². The van der Waals surface area contributed by atoms with Gasteiger partial charge in [0.15, 0.2) is 5.17 Å². The molecule has 1 aliphatic heterocycles. The van der Waals surface area contributed by atoms with Gasteiger partial charge in [-0.15, -0.1) is 0 Å². The van der Waals surface area contributed by atoms with Crippen molar-refractivity contribution < 1.29 is 14.3 Å². The smallest absolute Gasteiger partial charge is 0.266 e. The van der Waals surface area contributed by atoms with Gasteiger partial charge in [-0.2, -0.15) is 0 Å². The summed E-state index contributed by atoms with van der Waals surface area (Å²) in [5, 5.41) is 1.31. The number of methoxy groups -OCH3 is 2. The predicted octanol–water partition coefficient (Wildman–Crippen LogP) is 6.20. The molecule has 1 saturated heterocycles. The van der Waals surface area contributed by atoms with Crippen molar-refractivity contribution in [1.82, 2.24) is 4.90 Å². The Morgan fingerprint density at radius 3 is 2.12 bits per heavy atom. The van der Waals surface area contributed by atoms with Crippen molar-refractivity contribution in [2.24, 2.45) is 4.99 Å². The Bertz CT molecular complexity index is 1170. The van der Waals surface area contributed by atoms with Gasteiger partial charge in [-0.1, -0.05) is 35.9 Å². The number of amides is 1. The molecular weight excluding hydrogens is 456 g/mol. The Labute approximate surface area is 202 Å². The van der Waals surface area contributed by atoms with Crippen LogP contribution < -0.4 is 9.47 Å². The second-order valence-corrected chi connectivity index (χ2v) is 8.76. The van der Waals surface area contributed by atoms with E-state index in [4.69, 9.17) is 26.1 Å². The number of hydrogen-bond donors (Lipinski definition) is 0. The fourth-order valence-electron chi connectivity index (χ4n) is 3.30. The van der Waals surface area contributed by atoms with Crippen LogP contribution in [0.4, 0.5) is 5.69 Å². The highest BCUT2D eigenvalue weighted by atomic mass is 35.5. The van der Waals surface area contributed by atoms with Crippen molar-refractivity contribution in [2.75, 3.05) is 20.8 Å². The second kappa shape index (κ2) is 10.6. The van der Waals surface area contributed by atoms with Crippen molar-refractivity contribution in [3.63, 3.8) is 0 Å². The van der Waals surface area contributed by atoms with Crippen LogP contribution in [0, 0.1) is 0 Å². The number of rotatable bonds is 7. The zero-order valence-corrected chi connectivity index (χ0v) is 19.9. The average Bonchev–Trinajstić information content (AvgIpc) is 3.13. The molecule has 168 valence electrons. The van der Waals surface area contributed by atoms with E-state index in [0.29, 0.717) is 28.1 Å². The number of halogens is 1. The Morgan fingerprint density at radius 2 is 1.52 bits per heavy atom. The third-order valence-corrected chi connectivity index (χ3v) is 6.39. The molecule has 3 aromatic rings. The van der Waals surface area contributed by atoms with Gasteiger partial charge in [0.05, 0.1) is 24.8 Å². The highest BCUT2D eigenvalue weighted by molar-refractivity contribution is 8.18. The van der Waals surface area contributed by atoms with Gasteiger partial charge in [0.25, 0.3) is 5.91 Å². The third-order valence-electron chi connectivity index (χ3n) is 5.14. The van der Waals surface area contributed by atoms with Gasteiger partial charge < -0.3 is 9.47 Å². The fourth-order valence-corrected chi connectivity index (χ4v) is 4.45. The first-order chi connectivity index (χ1) is 16.1. The lowest BCUT2D eigenvalue weighted by Gasteiger charge is -2.16. The number of amidine groups is 1. The van der Waals surface area contributed by atoms with E-state index < -0.39 is 0 Å². The predicted molar refractivity (Wildman–Crippen MR) is 136 cm³/mol. The molecule has 0 N–H and O–H groups in total. The largest absolute Gasteiger partial charge is 0.497 e. The van der Waals surface area contributed by atoms with Crippen LogP contribution in [0.1, 0.15) is 11.1 Å². The van der Waals surface area contributed by atoms with E-state index in [1.165, 1.54) is 11.8 Å². The van der Waals surface area contributed by atoms with Gasteiger partial charge in [-0.05, 0) is 83.9 Å². The lowest BCUT2D eigenvalue weighted by molar-refractivity contribution is -0.122. The van der Waals surface area contributed by atoms with E-state index in [1.54, 1.807) is 19.1 Å². The van der Waals surface area contributed by atoms with Crippen molar-refractivity contribution in [2.45, 2.75) is 6.42 Å². The summed E-state index contributed by atoms with van der Waals surface area (Å²) in [7, 11) is 3.27. The van der Waals surface area contributed by atoms with Crippen LogP contribution in [-0.4, -0.2) is 36.7 Å². The molecule has 0 radical (unpaired) electrons. The zero-order valence-electron chi connectivity index (χ0n) is 18.3. The summed E-state index contributed by atoms with van der Waals surface area (Å²) >= 11 is 7.37. The summed E-state index contributed by atoms with van der Waals surface area (Å²) < 4.78 is 10.5. The molecule has 4 rings (SSSR count). The lowest BCUT2D eigenvalue weighted by Crippen LogP contribution is -2.31. The number of aliphatic imine (C=N–C) groups is 1. The molecule has 0 atom stereocenters. The van der Waals surface area contributed by atoms with Crippen LogP contribution in [0.3, 0.4) is 0 Å². The summed E-state index contributed by atoms with van der Waals surface area (Å²) in [5.74, 6) is 1.51. The molecule has 0 aromatic heterocycles. The van der Waals surface area contributed by atoms with Crippen LogP contribution in [0.2, 0.25) is 5.02 Å². The second-order valence-electron chi connectivity index (χ2n) is 7.31. The van der Waals surface area contributed by atoms with Gasteiger partial charge in [-0.25, -0.2) is 4.99 Å². The highest BCUT2D eigenvalue weighted by Gasteiger charge is 2.33. The lowest BCUT2D eigenvalue weighted by atomic mass is 10.1. The molecule has 0 saturated carbocycles. The van der Waals surface area contributed by atoms with Crippen molar-refractivity contribution in [3.8, 4) is 11.5 Å². The Kier molecular flexibility index (Phi) is 7.37. The topological polar surface area (TPSA) is 51.1 Å². The Balaban J connectivity index is 1.60. The van der Waals surface area contributed by atoms with E-state index in [1.807, 2.05) is 78.9 Å². The summed E-state index contributed by atoms with van der Waals surface area (Å²) in [6.45, 7) is 0.519. The summed E-state index contributed by atoms with van der Waals surface area (Å²) in [6.07, 6.45) is 2.58. The standard InChI is InChI=1S/C26H23ClN2O3S/c1-31-22-11-5-18(6-12-22)15-16-29-25(30)24(17-19-3-7-20(27)8-4-19)33-26(29)28-21-9-13-23(32-2)14-10-21/h3-14,17H,15-16H2,1-2H3. The number of benzene rings is 3. The molecule has 1 fully saturated rings. The maximum absolute atomic E-state index is 13.3. The first-order valence-corrected chi connectivity index (χ1v) is 11.6. The summed E-state index contributed by atoms with van der Waals surface area (Å²) in [5.41, 5.74) is 2.79. The quantitative estimate of drug-likeness (QED) is 0.379. The highest BCUT2D eigenvalue weighted by Crippen LogP contribution is 2.34. The molecule has 0 unspecified atom stereocenters. The number of carbonyl (C=O) groups excluding carboxylic acids is 1. The van der Waals surface area contributed by atoms with Gasteiger partial charge in [0, 0.05) is 11.6 Å². The van der Waals surface area contributed by atoms with Gasteiger partial charge >= 0.3 is 0 Å². The zero-order chi connectivity index (χ0) is 23.2. The van der Waals surface area contributed by atoms with E-state index in [0.717, 1.165) is 28.3 Å². The fraction of sp³-hybridized carbons (Fsp3) is 0.154. The number of thioether (sulfide) groups is 1. The first-order valence-electron chi connectivity index (χ1n) is 10.4. The molecule has 5 nitrogen and oxygen atoms in total. The van der Waals surface area contributed by atoms with Crippen molar-refractivity contribution in [1.29, 1.82) is 0 Å². The summed E-state index contributed by atoms with van der Waals surface area (Å²) in [6, 6.07) is 22.7. The normalized spacial score (nSPS) is 16.0.